The number of halogens is 2. The molecule has 1 aromatic heterocycles. The maximum Gasteiger partial charge on any atom is 0.134 e. The summed E-state index contributed by atoms with van der Waals surface area (Å²) in [5, 5.41) is 5.10. The third-order valence-corrected chi connectivity index (χ3v) is 5.31. The van der Waals surface area contributed by atoms with Crippen molar-refractivity contribution in [2.45, 2.75) is 13.0 Å². The third kappa shape index (κ3) is 2.82. The van der Waals surface area contributed by atoms with Gasteiger partial charge in [-0.05, 0) is 72.0 Å². The summed E-state index contributed by atoms with van der Waals surface area (Å²) in [5.41, 5.74) is 3.35. The molecule has 0 fully saturated rings. The van der Waals surface area contributed by atoms with Crippen LogP contribution in [0.2, 0.25) is 5.02 Å². The number of hydrogen-bond donors (Lipinski definition) is 1. The lowest BCUT2D eigenvalue weighted by atomic mass is 10.0. The molecule has 0 amide bonds. The molecule has 0 saturated carbocycles. The Morgan fingerprint density at radius 3 is 2.76 bits per heavy atom. The molecule has 0 bridgehead atoms. The van der Waals surface area contributed by atoms with E-state index in [2.05, 4.69) is 59.1 Å². The molecule has 1 heterocycles. The molecule has 0 radical (unpaired) electrons. The minimum Gasteiger partial charge on any atom is -0.459 e. The zero-order valence-electron chi connectivity index (χ0n) is 11.8. The lowest BCUT2D eigenvalue weighted by molar-refractivity contribution is 0.490. The highest BCUT2D eigenvalue weighted by Crippen LogP contribution is 2.32. The molecule has 3 aromatic rings. The molecular formula is C17H15ClINO. The second kappa shape index (κ2) is 5.99. The van der Waals surface area contributed by atoms with Crippen molar-refractivity contribution in [2.75, 3.05) is 7.05 Å². The minimum atomic E-state index is 0.0305. The van der Waals surface area contributed by atoms with Crippen LogP contribution >= 0.6 is 34.2 Å². The van der Waals surface area contributed by atoms with Crippen molar-refractivity contribution < 1.29 is 4.42 Å². The van der Waals surface area contributed by atoms with Crippen LogP contribution in [0.1, 0.15) is 22.9 Å². The molecule has 0 saturated heterocycles. The first kappa shape index (κ1) is 14.9. The van der Waals surface area contributed by atoms with Crippen molar-refractivity contribution in [3.8, 4) is 0 Å². The van der Waals surface area contributed by atoms with Gasteiger partial charge in [0, 0.05) is 14.0 Å². The van der Waals surface area contributed by atoms with Gasteiger partial charge in [-0.2, -0.15) is 0 Å². The summed E-state index contributed by atoms with van der Waals surface area (Å²) in [5.74, 6) is 0.901. The molecule has 0 aliphatic rings. The van der Waals surface area contributed by atoms with E-state index in [0.29, 0.717) is 0 Å². The van der Waals surface area contributed by atoms with Gasteiger partial charge in [0.1, 0.15) is 11.3 Å². The molecule has 3 rings (SSSR count). The minimum absolute atomic E-state index is 0.0305. The molecule has 21 heavy (non-hydrogen) atoms. The Bertz CT molecular complexity index is 797. The first-order chi connectivity index (χ1) is 10.1. The molecule has 1 N–H and O–H groups in total. The van der Waals surface area contributed by atoms with Crippen molar-refractivity contribution in [1.29, 1.82) is 0 Å². The van der Waals surface area contributed by atoms with Gasteiger partial charge in [0.2, 0.25) is 0 Å². The number of fused-ring (bicyclic) bond motifs is 1. The number of benzene rings is 2. The Kier molecular flexibility index (Phi) is 4.24. The first-order valence-corrected chi connectivity index (χ1v) is 8.17. The zero-order valence-corrected chi connectivity index (χ0v) is 14.7. The smallest absolute Gasteiger partial charge is 0.134 e. The standard InChI is InChI=1S/C17H15ClINO/c1-10-4-3-5-13(16(10)19)17(20-2)15-9-11-8-12(18)6-7-14(11)21-15/h3-9,17,20H,1-2H3. The number of hydrogen-bond acceptors (Lipinski definition) is 2. The van der Waals surface area contributed by atoms with E-state index in [4.69, 9.17) is 16.0 Å². The molecule has 2 nitrogen and oxygen atoms in total. The highest BCUT2D eigenvalue weighted by Gasteiger charge is 2.19. The Labute approximate surface area is 142 Å². The van der Waals surface area contributed by atoms with E-state index in [9.17, 15) is 0 Å². The van der Waals surface area contributed by atoms with Crippen LogP contribution in [0.25, 0.3) is 11.0 Å². The predicted octanol–water partition coefficient (Wildman–Crippen LogP) is 5.31. The van der Waals surface area contributed by atoms with E-state index >= 15 is 0 Å². The second-order valence-electron chi connectivity index (χ2n) is 5.03. The molecular weight excluding hydrogens is 397 g/mol. The highest BCUT2D eigenvalue weighted by atomic mass is 127. The van der Waals surface area contributed by atoms with Crippen LogP contribution < -0.4 is 5.32 Å². The number of aryl methyl sites for hydroxylation is 1. The van der Waals surface area contributed by atoms with Gasteiger partial charge in [-0.25, -0.2) is 0 Å². The third-order valence-electron chi connectivity index (χ3n) is 3.60. The molecule has 2 aromatic carbocycles. The lowest BCUT2D eigenvalue weighted by Crippen LogP contribution is -2.18. The Morgan fingerprint density at radius 1 is 1.19 bits per heavy atom. The summed E-state index contributed by atoms with van der Waals surface area (Å²) < 4.78 is 7.26. The van der Waals surface area contributed by atoms with E-state index in [-0.39, 0.29) is 6.04 Å². The van der Waals surface area contributed by atoms with E-state index in [1.54, 1.807) is 0 Å². The van der Waals surface area contributed by atoms with E-state index < -0.39 is 0 Å². The molecule has 0 aliphatic heterocycles. The van der Waals surface area contributed by atoms with Gasteiger partial charge in [-0.1, -0.05) is 29.8 Å². The largest absolute Gasteiger partial charge is 0.459 e. The fraction of sp³-hybridized carbons (Fsp3) is 0.176. The quantitative estimate of drug-likeness (QED) is 0.591. The topological polar surface area (TPSA) is 25.2 Å². The molecule has 108 valence electrons. The van der Waals surface area contributed by atoms with E-state index in [1.807, 2.05) is 25.2 Å². The Morgan fingerprint density at radius 2 is 2.00 bits per heavy atom. The molecule has 1 atom stereocenters. The number of furan rings is 1. The molecule has 1 unspecified atom stereocenters. The average Bonchev–Trinajstić information content (AvgIpc) is 2.87. The fourth-order valence-corrected chi connectivity index (χ4v) is 3.37. The monoisotopic (exact) mass is 411 g/mol. The number of nitrogens with one attached hydrogen (secondary N) is 1. The van der Waals surface area contributed by atoms with Crippen LogP contribution in [0.3, 0.4) is 0 Å². The second-order valence-corrected chi connectivity index (χ2v) is 6.55. The fourth-order valence-electron chi connectivity index (χ4n) is 2.52. The normalized spacial score (nSPS) is 12.8. The summed E-state index contributed by atoms with van der Waals surface area (Å²) in [6.45, 7) is 2.12. The van der Waals surface area contributed by atoms with Crippen LogP contribution in [0, 0.1) is 10.5 Å². The summed E-state index contributed by atoms with van der Waals surface area (Å²) in [6, 6.07) is 14.1. The summed E-state index contributed by atoms with van der Waals surface area (Å²) in [7, 11) is 1.95. The highest BCUT2D eigenvalue weighted by molar-refractivity contribution is 14.1. The van der Waals surface area contributed by atoms with Gasteiger partial charge in [-0.15, -0.1) is 0 Å². The Balaban J connectivity index is 2.11. The first-order valence-electron chi connectivity index (χ1n) is 6.71. The van der Waals surface area contributed by atoms with Crippen molar-refractivity contribution in [3.05, 3.63) is 67.9 Å². The van der Waals surface area contributed by atoms with Crippen LogP contribution in [0.5, 0.6) is 0 Å². The van der Waals surface area contributed by atoms with Crippen molar-refractivity contribution in [3.63, 3.8) is 0 Å². The van der Waals surface area contributed by atoms with Gasteiger partial charge in [-0.3, -0.25) is 0 Å². The van der Waals surface area contributed by atoms with Crippen molar-refractivity contribution >= 4 is 45.2 Å². The molecule has 0 aliphatic carbocycles. The van der Waals surface area contributed by atoms with Crippen LogP contribution in [0.15, 0.2) is 46.9 Å². The average molecular weight is 412 g/mol. The summed E-state index contributed by atoms with van der Waals surface area (Å²) >= 11 is 8.44. The lowest BCUT2D eigenvalue weighted by Gasteiger charge is -2.17. The zero-order chi connectivity index (χ0) is 15.0. The summed E-state index contributed by atoms with van der Waals surface area (Å²) in [4.78, 5) is 0. The number of rotatable bonds is 3. The van der Waals surface area contributed by atoms with E-state index in [0.717, 1.165) is 21.8 Å². The van der Waals surface area contributed by atoms with Gasteiger partial charge in [0.25, 0.3) is 0 Å². The SMILES string of the molecule is CNC(c1cc2cc(Cl)ccc2o1)c1cccc(C)c1I. The molecule has 0 spiro atoms. The van der Waals surface area contributed by atoms with Crippen molar-refractivity contribution in [2.24, 2.45) is 0 Å². The van der Waals surface area contributed by atoms with Gasteiger partial charge in [0.05, 0.1) is 6.04 Å². The summed E-state index contributed by atoms with van der Waals surface area (Å²) in [6.07, 6.45) is 0. The van der Waals surface area contributed by atoms with Crippen LogP contribution in [-0.2, 0) is 0 Å². The van der Waals surface area contributed by atoms with Crippen LogP contribution in [-0.4, -0.2) is 7.05 Å². The van der Waals surface area contributed by atoms with Crippen LogP contribution in [0.4, 0.5) is 0 Å². The maximum absolute atomic E-state index is 6.05. The van der Waals surface area contributed by atoms with Gasteiger partial charge in [0.15, 0.2) is 0 Å². The van der Waals surface area contributed by atoms with Gasteiger partial charge >= 0.3 is 0 Å². The maximum atomic E-state index is 6.05. The van der Waals surface area contributed by atoms with E-state index in [1.165, 1.54) is 14.7 Å². The predicted molar refractivity (Wildman–Crippen MR) is 96.0 cm³/mol. The van der Waals surface area contributed by atoms with Crippen molar-refractivity contribution in [1.82, 2.24) is 5.32 Å². The Hall–Kier alpha value is -1.04. The molecule has 4 heteroatoms. The van der Waals surface area contributed by atoms with Gasteiger partial charge < -0.3 is 9.73 Å².